The third-order valence-electron chi connectivity index (χ3n) is 28.2. The van der Waals surface area contributed by atoms with Crippen LogP contribution in [0.1, 0.15) is 110 Å². The number of likely N-dealkylation sites (tertiary alicyclic amines) is 3. The molecule has 12 heterocycles. The van der Waals surface area contributed by atoms with Gasteiger partial charge in [-0.2, -0.15) is 58.9 Å². The van der Waals surface area contributed by atoms with Crippen molar-refractivity contribution < 1.29 is 55.3 Å². The molecule has 6 fully saturated rings. The zero-order valence-electron chi connectivity index (χ0n) is 78.4. The molecular formula is C102H116BrF5N22O7. The maximum atomic E-state index is 14.1. The van der Waals surface area contributed by atoms with Gasteiger partial charge in [-0.1, -0.05) is 114 Å². The Bertz CT molecular complexity index is 6170. The first-order chi connectivity index (χ1) is 66.1. The number of nitriles is 3. The second-order valence-electron chi connectivity index (χ2n) is 36.8. The van der Waals surface area contributed by atoms with Gasteiger partial charge in [0.05, 0.1) is 97.9 Å². The number of anilines is 6. The molecule has 0 spiro atoms. The molecule has 6 atom stereocenters. The highest BCUT2D eigenvalue weighted by Crippen LogP contribution is 2.45. The molecule has 35 heteroatoms. The van der Waals surface area contributed by atoms with Crippen LogP contribution in [0.4, 0.5) is 56.5 Å². The average Bonchev–Trinajstić information content (AvgIpc) is 1.73. The van der Waals surface area contributed by atoms with Crippen LogP contribution in [0.2, 0.25) is 0 Å². The van der Waals surface area contributed by atoms with Gasteiger partial charge in [0, 0.05) is 178 Å². The number of alkyl halides is 3. The fourth-order valence-electron chi connectivity index (χ4n) is 20.6. The van der Waals surface area contributed by atoms with Crippen molar-refractivity contribution in [2.75, 3.05) is 182 Å². The van der Waals surface area contributed by atoms with Crippen LogP contribution in [0.15, 0.2) is 151 Å². The summed E-state index contributed by atoms with van der Waals surface area (Å²) in [7, 11) is 7.99. The molecule has 0 N–H and O–H groups in total. The van der Waals surface area contributed by atoms with Crippen LogP contribution in [0.25, 0.3) is 32.3 Å². The Morgan fingerprint density at radius 3 is 1.21 bits per heavy atom. The summed E-state index contributed by atoms with van der Waals surface area (Å²) in [5.74, 6) is -1.68. The molecule has 0 saturated carbocycles. The molecule has 137 heavy (non-hydrogen) atoms. The zero-order valence-corrected chi connectivity index (χ0v) is 80.0. The number of aromatic nitrogens is 6. The summed E-state index contributed by atoms with van der Waals surface area (Å²) in [4.78, 5) is 105. The lowest BCUT2D eigenvalue weighted by Gasteiger charge is -2.42. The predicted octanol–water partition coefficient (Wildman–Crippen LogP) is 13.9. The number of aryl methyl sites for hydroxylation is 1. The van der Waals surface area contributed by atoms with E-state index in [4.69, 9.17) is 44.1 Å². The minimum atomic E-state index is -4.52. The molecule has 0 unspecified atom stereocenters. The standard InChI is InChI=1S/C37H46N8O3.C33H35F4N7O2.C32H35BrFN7O2/c1-26-9-5-10-28-11-6-13-33(35(26)28)43-20-16-31-32(24-43)39-37(48-25-30-12-7-19-42(30)4)40-36(31)44-21-22-45(29(23-44)15-17-38)34(47)14-8-18-41(3)27(2)46;1-21(34)31(45)44-17-16-43(18-23(44)11-13-38)30-25-12-15-42(19-27(25)39-32(40-30)46-20-24-8-5-14-41(24)2)28-10-4-7-22-6-3-9-26(29(22)28)33(35,36)37;1-21(34)31(42)41-17-16-40(18-23(41)11-13-35)30-25-12-15-39(28-10-4-7-22-6-3-9-26(33)29(22)28)19-27(25)36-32(37-30)43-20-24-8-5-14-38(24)2/h5-6,8-11,13-14,29-30H,7,12,15-16,18-25H2,1-4H3;3-4,6-7,9-10,23-24H,1,5,8,11-12,14-20H2,2H3;3-4,6-7,9-10,23-24H,1,5,8,11-12,14-20H2,2H3/b14-8+;;/t29-,30-;2*23-,24-/m000/s1. The van der Waals surface area contributed by atoms with Crippen LogP contribution in [0, 0.1) is 40.9 Å². The molecule has 0 radical (unpaired) electrons. The number of nitrogens with zero attached hydrogens (tertiary/aromatic N) is 22. The van der Waals surface area contributed by atoms with Gasteiger partial charge in [0.15, 0.2) is 11.7 Å². The topological polar surface area (TPSA) is 287 Å². The largest absolute Gasteiger partial charge is 0.462 e. The molecule has 9 aromatic rings. The van der Waals surface area contributed by atoms with Crippen LogP contribution in [-0.2, 0) is 64.3 Å². The maximum absolute atomic E-state index is 14.1. The van der Waals surface area contributed by atoms with Gasteiger partial charge in [0.25, 0.3) is 11.8 Å². The summed E-state index contributed by atoms with van der Waals surface area (Å²) in [6.07, 6.45) is 7.45. The summed E-state index contributed by atoms with van der Waals surface area (Å²) in [5.41, 5.74) is 8.87. The van der Waals surface area contributed by atoms with Crippen LogP contribution >= 0.6 is 15.9 Å². The molecule has 6 saturated heterocycles. The van der Waals surface area contributed by atoms with E-state index >= 15 is 0 Å². The Kier molecular flexibility index (Phi) is 30.7. The number of halogens is 6. The lowest BCUT2D eigenvalue weighted by Crippen LogP contribution is -2.55. The molecule has 718 valence electrons. The van der Waals surface area contributed by atoms with Crippen molar-refractivity contribution in [2.45, 2.75) is 153 Å². The van der Waals surface area contributed by atoms with Crippen LogP contribution < -0.4 is 43.6 Å². The van der Waals surface area contributed by atoms with Crippen molar-refractivity contribution in [1.29, 1.82) is 15.8 Å². The number of likely N-dealkylation sites (N-methyl/N-ethyl adjacent to an activating group) is 4. The first kappa shape index (κ1) is 97.2. The molecule has 9 aliphatic rings. The van der Waals surface area contributed by atoms with Crippen molar-refractivity contribution in [3.63, 3.8) is 0 Å². The number of hydrogen-bond donors (Lipinski definition) is 0. The van der Waals surface area contributed by atoms with E-state index in [9.17, 15) is 56.9 Å². The van der Waals surface area contributed by atoms with Gasteiger partial charge in [-0.3, -0.25) is 19.2 Å². The molecular weight excluding hydrogens is 1820 g/mol. The quantitative estimate of drug-likeness (QED) is 0.0425. The minimum absolute atomic E-state index is 0.00341. The van der Waals surface area contributed by atoms with Crippen molar-refractivity contribution in [1.82, 2.24) is 64.2 Å². The summed E-state index contributed by atoms with van der Waals surface area (Å²) < 4.78 is 89.8. The van der Waals surface area contributed by atoms with Gasteiger partial charge >= 0.3 is 24.2 Å². The third kappa shape index (κ3) is 21.9. The number of carbonyl (C=O) groups excluding carboxylic acids is 4. The minimum Gasteiger partial charge on any atom is -0.462 e. The molecule has 29 nitrogen and oxygen atoms in total. The fourth-order valence-corrected chi connectivity index (χ4v) is 21.2. The normalized spacial score (nSPS) is 20.3. The van der Waals surface area contributed by atoms with E-state index in [0.717, 1.165) is 151 Å². The van der Waals surface area contributed by atoms with E-state index < -0.39 is 47.3 Å². The van der Waals surface area contributed by atoms with Crippen molar-refractivity contribution >= 4 is 106 Å². The molecule has 3 aromatic heterocycles. The van der Waals surface area contributed by atoms with Crippen LogP contribution in [-0.4, -0.2) is 277 Å². The van der Waals surface area contributed by atoms with E-state index in [-0.39, 0.29) is 80.7 Å². The van der Waals surface area contributed by atoms with E-state index in [1.54, 1.807) is 47.2 Å². The molecule has 0 aliphatic carbocycles. The number of amides is 4. The summed E-state index contributed by atoms with van der Waals surface area (Å²) in [6, 6.07) is 41.8. The van der Waals surface area contributed by atoms with E-state index in [2.05, 4.69) is 169 Å². The maximum Gasteiger partial charge on any atom is 0.417 e. The Labute approximate surface area is 804 Å². The number of fused-ring (bicyclic) bond motifs is 6. The first-order valence-electron chi connectivity index (χ1n) is 47.1. The van der Waals surface area contributed by atoms with Gasteiger partial charge < -0.3 is 77.9 Å². The van der Waals surface area contributed by atoms with E-state index in [1.807, 2.05) is 22.9 Å². The lowest BCUT2D eigenvalue weighted by molar-refractivity contribution is -0.136. The summed E-state index contributed by atoms with van der Waals surface area (Å²) in [5, 5.41) is 34.2. The summed E-state index contributed by atoms with van der Waals surface area (Å²) >= 11 is 3.76. The predicted molar refractivity (Wildman–Crippen MR) is 520 cm³/mol. The highest BCUT2D eigenvalue weighted by atomic mass is 79.9. The van der Waals surface area contributed by atoms with E-state index in [0.29, 0.717) is 138 Å². The second-order valence-corrected chi connectivity index (χ2v) is 37.7. The number of benzene rings is 6. The third-order valence-corrected chi connectivity index (χ3v) is 28.9. The van der Waals surface area contributed by atoms with Gasteiger partial charge in [-0.25, -0.2) is 8.78 Å². The number of piperazine rings is 3. The highest BCUT2D eigenvalue weighted by Gasteiger charge is 2.42. The zero-order chi connectivity index (χ0) is 96.5. The van der Waals surface area contributed by atoms with Crippen LogP contribution in [0.5, 0.6) is 18.0 Å². The monoisotopic (exact) mass is 1930 g/mol. The Morgan fingerprint density at radius 2 is 0.832 bits per heavy atom. The summed E-state index contributed by atoms with van der Waals surface area (Å²) in [6.45, 7) is 21.7. The van der Waals surface area contributed by atoms with Crippen LogP contribution in [0.3, 0.4) is 0 Å². The SMILES string of the molecule is C=C(F)C(=O)N1CCN(c2nc(OC[C@@H]3CCCN3C)nc3c2CCN(c2cccc4cccc(Br)c24)C3)C[C@@H]1CC#N.C=C(F)C(=O)N1CCN(c2nc(OC[C@@H]3CCCN3C)nc3c2CCN(c2cccc4cccc(C(F)(F)F)c24)C3)C[C@@H]1CC#N.CC(=O)N(C)C/C=C/C(=O)N1CCN(c2nc(OC[C@@H]3CCCN3C)nc3c2CCN(c2cccc4cccc(C)c24)C3)C[C@@H]1CC#N. The molecule has 6 aromatic carbocycles. The molecule has 4 amide bonds. The number of ether oxygens (including phenoxy) is 3. The lowest BCUT2D eigenvalue weighted by atomic mass is 9.98. The number of hydrogen-bond acceptors (Lipinski definition) is 25. The number of rotatable bonds is 23. The number of carbonyl (C=O) groups is 4. The molecule has 9 aliphatic heterocycles. The first-order valence-corrected chi connectivity index (χ1v) is 47.9. The Hall–Kier alpha value is -12.9. The van der Waals surface area contributed by atoms with E-state index in [1.165, 1.54) is 50.9 Å². The van der Waals surface area contributed by atoms with Gasteiger partial charge in [0.1, 0.15) is 37.3 Å². The Balaban J connectivity index is 0.000000149. The van der Waals surface area contributed by atoms with Crippen molar-refractivity contribution in [3.05, 3.63) is 196 Å². The molecule has 0 bridgehead atoms. The van der Waals surface area contributed by atoms with Crippen molar-refractivity contribution in [2.24, 2.45) is 0 Å². The van der Waals surface area contributed by atoms with Gasteiger partial charge in [-0.05, 0) is 158 Å². The van der Waals surface area contributed by atoms with Gasteiger partial charge in [-0.15, -0.1) is 0 Å². The molecule has 18 rings (SSSR count). The van der Waals surface area contributed by atoms with Gasteiger partial charge in [0.2, 0.25) is 11.8 Å². The average molecular weight is 1940 g/mol. The second kappa shape index (κ2) is 43.2. The highest BCUT2D eigenvalue weighted by molar-refractivity contribution is 9.10. The van der Waals surface area contributed by atoms with Crippen molar-refractivity contribution in [3.8, 4) is 36.2 Å². The Morgan fingerprint density at radius 1 is 0.474 bits per heavy atom. The fraction of sp³-hybridized carbons (Fsp3) is 0.461. The smallest absolute Gasteiger partial charge is 0.417 e.